The average Bonchev–Trinajstić information content (AvgIpc) is 3.53. The summed E-state index contributed by atoms with van der Waals surface area (Å²) in [5.74, 6) is 0.0748. The Kier molecular flexibility index (Phi) is 5.80. The summed E-state index contributed by atoms with van der Waals surface area (Å²) >= 11 is 3.04. The van der Waals surface area contributed by atoms with Crippen molar-refractivity contribution in [3.8, 4) is 0 Å². The molecule has 0 N–H and O–H groups in total. The van der Waals surface area contributed by atoms with Crippen molar-refractivity contribution >= 4 is 38.8 Å². The standard InChI is InChI=1S/C26H26N4O2S2/c31-25(21-7-4-14-33-21)29-13-10-20-22(16-29)34-24-23(20)26(32)30(17-27-24)19-8-11-28(12-9-19)15-18-5-2-1-3-6-18/h1-7,14,17,19H,8-13,15-16H2. The first-order valence-electron chi connectivity index (χ1n) is 11.8. The minimum Gasteiger partial charge on any atom is -0.332 e. The molecule has 5 heterocycles. The van der Waals surface area contributed by atoms with Gasteiger partial charge >= 0.3 is 0 Å². The van der Waals surface area contributed by atoms with Crippen molar-refractivity contribution in [1.29, 1.82) is 0 Å². The summed E-state index contributed by atoms with van der Waals surface area (Å²) in [6.07, 6.45) is 4.37. The van der Waals surface area contributed by atoms with Crippen LogP contribution in [0.3, 0.4) is 0 Å². The van der Waals surface area contributed by atoms with Crippen molar-refractivity contribution in [2.75, 3.05) is 19.6 Å². The third kappa shape index (κ3) is 4.00. The van der Waals surface area contributed by atoms with E-state index < -0.39 is 0 Å². The topological polar surface area (TPSA) is 58.4 Å². The van der Waals surface area contributed by atoms with Gasteiger partial charge in [0.1, 0.15) is 4.83 Å². The highest BCUT2D eigenvalue weighted by atomic mass is 32.1. The lowest BCUT2D eigenvalue weighted by molar-refractivity contribution is 0.0742. The van der Waals surface area contributed by atoms with Crippen LogP contribution in [-0.4, -0.2) is 44.9 Å². The van der Waals surface area contributed by atoms with Crippen LogP contribution in [0.4, 0.5) is 0 Å². The van der Waals surface area contributed by atoms with Crippen molar-refractivity contribution in [2.45, 2.75) is 38.4 Å². The molecule has 6 nitrogen and oxygen atoms in total. The van der Waals surface area contributed by atoms with E-state index in [2.05, 4.69) is 29.2 Å². The van der Waals surface area contributed by atoms with Crippen molar-refractivity contribution in [3.05, 3.63) is 85.4 Å². The number of nitrogens with zero attached hydrogens (tertiary/aromatic N) is 4. The van der Waals surface area contributed by atoms with Gasteiger partial charge in [0.15, 0.2) is 0 Å². The van der Waals surface area contributed by atoms with Crippen LogP contribution < -0.4 is 5.56 Å². The SMILES string of the molecule is O=C(c1cccs1)N1CCc2c(sc3ncn(C4CCN(Cc5ccccc5)CC4)c(=O)c23)C1. The molecule has 4 aromatic rings. The van der Waals surface area contributed by atoms with Crippen molar-refractivity contribution in [1.82, 2.24) is 19.4 Å². The molecule has 3 aromatic heterocycles. The molecule has 0 atom stereocenters. The number of fused-ring (bicyclic) bond motifs is 3. The zero-order valence-corrected chi connectivity index (χ0v) is 20.5. The molecule has 0 spiro atoms. The summed E-state index contributed by atoms with van der Waals surface area (Å²) in [5.41, 5.74) is 2.52. The predicted molar refractivity (Wildman–Crippen MR) is 137 cm³/mol. The van der Waals surface area contributed by atoms with Gasteiger partial charge in [-0.25, -0.2) is 4.98 Å². The Morgan fingerprint density at radius 2 is 1.88 bits per heavy atom. The minimum absolute atomic E-state index is 0.0748. The Hall–Kier alpha value is -2.81. The summed E-state index contributed by atoms with van der Waals surface area (Å²) < 4.78 is 1.87. The van der Waals surface area contributed by atoms with Crippen LogP contribution in [0, 0.1) is 0 Å². The molecular weight excluding hydrogens is 464 g/mol. The Morgan fingerprint density at radius 1 is 1.06 bits per heavy atom. The number of piperidine rings is 1. The predicted octanol–water partition coefficient (Wildman–Crippen LogP) is 4.56. The molecule has 1 amide bonds. The largest absolute Gasteiger partial charge is 0.332 e. The zero-order valence-electron chi connectivity index (χ0n) is 18.9. The number of benzene rings is 1. The second kappa shape index (κ2) is 9.09. The molecule has 8 heteroatoms. The molecule has 1 fully saturated rings. The maximum absolute atomic E-state index is 13.6. The number of carbonyl (C=O) groups excluding carboxylic acids is 1. The summed E-state index contributed by atoms with van der Waals surface area (Å²) in [6.45, 7) is 4.11. The van der Waals surface area contributed by atoms with Crippen molar-refractivity contribution < 1.29 is 4.79 Å². The Morgan fingerprint density at radius 3 is 2.65 bits per heavy atom. The molecule has 34 heavy (non-hydrogen) atoms. The Labute approximate surface area is 206 Å². The van der Waals surface area contributed by atoms with E-state index in [9.17, 15) is 9.59 Å². The van der Waals surface area contributed by atoms with Gasteiger partial charge in [-0.15, -0.1) is 22.7 Å². The molecule has 1 aromatic carbocycles. The molecule has 174 valence electrons. The van der Waals surface area contributed by atoms with E-state index in [1.165, 1.54) is 16.9 Å². The van der Waals surface area contributed by atoms with Gasteiger partial charge in [-0.1, -0.05) is 36.4 Å². The third-order valence-corrected chi connectivity index (χ3v) is 8.99. The smallest absolute Gasteiger partial charge is 0.264 e. The van der Waals surface area contributed by atoms with E-state index in [0.717, 1.165) is 58.0 Å². The molecule has 0 saturated carbocycles. The Bertz CT molecular complexity index is 1370. The number of carbonyl (C=O) groups is 1. The fraction of sp³-hybridized carbons (Fsp3) is 0.346. The lowest BCUT2D eigenvalue weighted by Gasteiger charge is -2.32. The van der Waals surface area contributed by atoms with Gasteiger partial charge in [0, 0.05) is 37.1 Å². The lowest BCUT2D eigenvalue weighted by atomic mass is 10.0. The highest BCUT2D eigenvalue weighted by Crippen LogP contribution is 2.34. The average molecular weight is 491 g/mol. The number of rotatable bonds is 4. The molecule has 0 radical (unpaired) electrons. The molecule has 0 bridgehead atoms. The maximum atomic E-state index is 13.6. The lowest BCUT2D eigenvalue weighted by Crippen LogP contribution is -2.37. The second-order valence-electron chi connectivity index (χ2n) is 9.09. The van der Waals surface area contributed by atoms with Gasteiger partial charge in [0.05, 0.1) is 23.1 Å². The first-order chi connectivity index (χ1) is 16.7. The second-order valence-corrected chi connectivity index (χ2v) is 11.1. The first kappa shape index (κ1) is 21.7. The van der Waals surface area contributed by atoms with E-state index in [4.69, 9.17) is 4.98 Å². The van der Waals surface area contributed by atoms with Crippen LogP contribution in [0.1, 0.15) is 44.6 Å². The van der Waals surface area contributed by atoms with Gasteiger partial charge < -0.3 is 4.90 Å². The van der Waals surface area contributed by atoms with E-state index in [0.29, 0.717) is 19.5 Å². The number of hydrogen-bond donors (Lipinski definition) is 0. The van der Waals surface area contributed by atoms with E-state index >= 15 is 0 Å². The van der Waals surface area contributed by atoms with Crippen LogP contribution in [0.2, 0.25) is 0 Å². The van der Waals surface area contributed by atoms with E-state index in [-0.39, 0.29) is 17.5 Å². The van der Waals surface area contributed by atoms with Gasteiger partial charge in [-0.3, -0.25) is 19.1 Å². The van der Waals surface area contributed by atoms with Gasteiger partial charge in [-0.2, -0.15) is 0 Å². The number of aromatic nitrogens is 2. The zero-order chi connectivity index (χ0) is 23.1. The van der Waals surface area contributed by atoms with E-state index in [1.807, 2.05) is 33.0 Å². The van der Waals surface area contributed by atoms with Gasteiger partial charge in [0.25, 0.3) is 11.5 Å². The summed E-state index contributed by atoms with van der Waals surface area (Å²) in [7, 11) is 0. The quantitative estimate of drug-likeness (QED) is 0.421. The van der Waals surface area contributed by atoms with Gasteiger partial charge in [-0.05, 0) is 41.8 Å². The van der Waals surface area contributed by atoms with E-state index in [1.54, 1.807) is 17.7 Å². The first-order valence-corrected chi connectivity index (χ1v) is 13.5. The van der Waals surface area contributed by atoms with Crippen LogP contribution in [0.25, 0.3) is 10.2 Å². The minimum atomic E-state index is 0.0748. The fourth-order valence-electron chi connectivity index (χ4n) is 5.18. The molecule has 2 aliphatic rings. The molecule has 0 aliphatic carbocycles. The van der Waals surface area contributed by atoms with Crippen LogP contribution >= 0.6 is 22.7 Å². The highest BCUT2D eigenvalue weighted by molar-refractivity contribution is 7.18. The molecule has 2 aliphatic heterocycles. The normalized spacial score (nSPS) is 17.2. The van der Waals surface area contributed by atoms with Crippen molar-refractivity contribution in [2.24, 2.45) is 0 Å². The maximum Gasteiger partial charge on any atom is 0.264 e. The Balaban J connectivity index is 1.20. The van der Waals surface area contributed by atoms with Crippen LogP contribution in [0.15, 0.2) is 59.0 Å². The molecule has 1 saturated heterocycles. The molecular formula is C26H26N4O2S2. The summed E-state index contributed by atoms with van der Waals surface area (Å²) in [6, 6.07) is 14.5. The third-order valence-electron chi connectivity index (χ3n) is 7.00. The monoisotopic (exact) mass is 490 g/mol. The highest BCUT2D eigenvalue weighted by Gasteiger charge is 2.29. The number of hydrogen-bond acceptors (Lipinski definition) is 6. The summed E-state index contributed by atoms with van der Waals surface area (Å²) in [5, 5.41) is 2.71. The molecule has 6 rings (SSSR count). The summed E-state index contributed by atoms with van der Waals surface area (Å²) in [4.78, 5) is 38.1. The van der Waals surface area contributed by atoms with Crippen LogP contribution in [-0.2, 0) is 19.5 Å². The number of amides is 1. The molecule has 0 unspecified atom stereocenters. The van der Waals surface area contributed by atoms with Crippen LogP contribution in [0.5, 0.6) is 0 Å². The number of thiophene rings is 2. The van der Waals surface area contributed by atoms with Gasteiger partial charge in [0.2, 0.25) is 0 Å². The number of likely N-dealkylation sites (tertiary alicyclic amines) is 1. The fourth-order valence-corrected chi connectivity index (χ4v) is 7.07. The van der Waals surface area contributed by atoms with Crippen molar-refractivity contribution in [3.63, 3.8) is 0 Å².